The van der Waals surface area contributed by atoms with Gasteiger partial charge in [0.2, 0.25) is 5.91 Å². The van der Waals surface area contributed by atoms with Gasteiger partial charge in [-0.3, -0.25) is 19.6 Å². The Hall–Kier alpha value is -1.92. The largest absolute Gasteiger partial charge is 0.343 e. The Morgan fingerprint density at radius 2 is 2.00 bits per heavy atom. The normalized spacial score (nSPS) is 16.1. The number of nitrogens with zero attached hydrogens (tertiary/aromatic N) is 4. The van der Waals surface area contributed by atoms with Crippen LogP contribution >= 0.6 is 0 Å². The van der Waals surface area contributed by atoms with E-state index < -0.39 is 4.92 Å². The van der Waals surface area contributed by atoms with Gasteiger partial charge < -0.3 is 4.90 Å². The molecule has 0 aromatic carbocycles. The molecule has 1 aliphatic heterocycles. The van der Waals surface area contributed by atoms with Crippen LogP contribution in [0.25, 0.3) is 0 Å². The predicted molar refractivity (Wildman–Crippen MR) is 68.5 cm³/mol. The Kier molecular flexibility index (Phi) is 4.48. The van der Waals surface area contributed by atoms with Crippen molar-refractivity contribution >= 4 is 11.6 Å². The van der Waals surface area contributed by atoms with Crippen LogP contribution in [0.2, 0.25) is 0 Å². The first kappa shape index (κ1) is 13.5. The van der Waals surface area contributed by atoms with Crippen LogP contribution in [0.3, 0.4) is 0 Å². The van der Waals surface area contributed by atoms with Gasteiger partial charge in [0.15, 0.2) is 0 Å². The topological polar surface area (TPSA) is 81.3 Å². The molecule has 0 bridgehead atoms. The Labute approximate surface area is 111 Å². The molecule has 1 fully saturated rings. The van der Waals surface area contributed by atoms with Gasteiger partial charge in [0.1, 0.15) is 12.4 Å². The van der Waals surface area contributed by atoms with Crippen molar-refractivity contribution in [3.63, 3.8) is 0 Å². The second kappa shape index (κ2) is 6.31. The maximum absolute atomic E-state index is 12.0. The van der Waals surface area contributed by atoms with Crippen LogP contribution < -0.4 is 0 Å². The highest BCUT2D eigenvalue weighted by Crippen LogP contribution is 2.12. The number of rotatable bonds is 4. The molecule has 0 saturated carbocycles. The summed E-state index contributed by atoms with van der Waals surface area (Å²) in [4.78, 5) is 23.9. The quantitative estimate of drug-likeness (QED) is 0.612. The lowest BCUT2D eigenvalue weighted by Gasteiger charge is -2.20. The maximum atomic E-state index is 12.0. The fourth-order valence-corrected chi connectivity index (χ4v) is 2.26. The highest BCUT2D eigenvalue weighted by molar-refractivity contribution is 5.76. The third-order valence-corrected chi connectivity index (χ3v) is 3.34. The number of likely N-dealkylation sites (tertiary alicyclic amines) is 1. The summed E-state index contributed by atoms with van der Waals surface area (Å²) in [6.45, 7) is 2.05. The fourth-order valence-electron chi connectivity index (χ4n) is 2.26. The van der Waals surface area contributed by atoms with E-state index in [1.807, 2.05) is 4.90 Å². The molecule has 0 radical (unpaired) electrons. The van der Waals surface area contributed by atoms with Crippen molar-refractivity contribution in [2.75, 3.05) is 13.1 Å². The molecule has 2 rings (SSSR count). The Bertz CT molecular complexity index is 450. The number of hydrogen-bond donors (Lipinski definition) is 0. The molecule has 1 saturated heterocycles. The van der Waals surface area contributed by atoms with E-state index in [0.717, 1.165) is 25.9 Å². The molecule has 0 atom stereocenters. The average Bonchev–Trinajstić information content (AvgIpc) is 2.70. The lowest BCUT2D eigenvalue weighted by molar-refractivity contribution is -0.385. The van der Waals surface area contributed by atoms with Gasteiger partial charge in [-0.2, -0.15) is 5.10 Å². The summed E-state index contributed by atoms with van der Waals surface area (Å²) < 4.78 is 1.45. The summed E-state index contributed by atoms with van der Waals surface area (Å²) in [5, 5.41) is 14.4. The van der Waals surface area contributed by atoms with Gasteiger partial charge >= 0.3 is 5.69 Å². The minimum absolute atomic E-state index is 0.0396. The van der Waals surface area contributed by atoms with Gasteiger partial charge in [0.05, 0.1) is 4.92 Å². The van der Waals surface area contributed by atoms with E-state index in [2.05, 4.69) is 5.10 Å². The Balaban J connectivity index is 1.83. The zero-order valence-electron chi connectivity index (χ0n) is 10.8. The maximum Gasteiger partial charge on any atom is 0.306 e. The average molecular weight is 266 g/mol. The molecule has 1 amide bonds. The lowest BCUT2D eigenvalue weighted by atomic mass is 10.2. The van der Waals surface area contributed by atoms with E-state index in [-0.39, 0.29) is 11.6 Å². The first-order valence-electron chi connectivity index (χ1n) is 6.61. The molecule has 104 valence electrons. The molecular formula is C12H18N4O3. The van der Waals surface area contributed by atoms with Crippen molar-refractivity contribution in [3.8, 4) is 0 Å². The van der Waals surface area contributed by atoms with Crippen molar-refractivity contribution in [2.24, 2.45) is 0 Å². The fraction of sp³-hybridized carbons (Fsp3) is 0.667. The second-order valence-corrected chi connectivity index (χ2v) is 4.76. The third kappa shape index (κ3) is 3.77. The summed E-state index contributed by atoms with van der Waals surface area (Å²) >= 11 is 0. The van der Waals surface area contributed by atoms with E-state index in [4.69, 9.17) is 0 Å². The number of carbonyl (C=O) groups is 1. The van der Waals surface area contributed by atoms with Gasteiger partial charge in [-0.05, 0) is 12.8 Å². The van der Waals surface area contributed by atoms with Crippen molar-refractivity contribution in [3.05, 3.63) is 22.5 Å². The smallest absolute Gasteiger partial charge is 0.306 e. The summed E-state index contributed by atoms with van der Waals surface area (Å²) in [6.07, 6.45) is 7.42. The Morgan fingerprint density at radius 3 is 2.58 bits per heavy atom. The van der Waals surface area contributed by atoms with Gasteiger partial charge in [-0.15, -0.1) is 0 Å². The summed E-state index contributed by atoms with van der Waals surface area (Å²) in [7, 11) is 0. The number of carbonyl (C=O) groups excluding carboxylic acids is 1. The van der Waals surface area contributed by atoms with Crippen LogP contribution in [0.4, 0.5) is 5.69 Å². The zero-order chi connectivity index (χ0) is 13.7. The van der Waals surface area contributed by atoms with Crippen LogP contribution in [0.1, 0.15) is 32.1 Å². The van der Waals surface area contributed by atoms with Gasteiger partial charge in [-0.1, -0.05) is 12.8 Å². The molecule has 1 aliphatic rings. The highest BCUT2D eigenvalue weighted by Gasteiger charge is 2.16. The van der Waals surface area contributed by atoms with E-state index in [0.29, 0.717) is 13.0 Å². The number of aryl methyl sites for hydroxylation is 1. The summed E-state index contributed by atoms with van der Waals surface area (Å²) in [5.41, 5.74) is -0.0396. The molecule has 19 heavy (non-hydrogen) atoms. The molecule has 0 N–H and O–H groups in total. The number of amides is 1. The molecule has 0 aliphatic carbocycles. The van der Waals surface area contributed by atoms with E-state index in [9.17, 15) is 14.9 Å². The SMILES string of the molecule is O=C(CCn1cc([N+](=O)[O-])cn1)N1CCCCCC1. The van der Waals surface area contributed by atoms with Crippen LogP contribution in [0.15, 0.2) is 12.4 Å². The molecule has 2 heterocycles. The molecule has 0 spiro atoms. The first-order chi connectivity index (χ1) is 9.16. The van der Waals surface area contributed by atoms with Crippen molar-refractivity contribution in [1.82, 2.24) is 14.7 Å². The molecule has 1 aromatic heterocycles. The van der Waals surface area contributed by atoms with Gasteiger partial charge in [0.25, 0.3) is 0 Å². The van der Waals surface area contributed by atoms with Crippen LogP contribution in [0, 0.1) is 10.1 Å². The van der Waals surface area contributed by atoms with Gasteiger partial charge in [0, 0.05) is 26.1 Å². The second-order valence-electron chi connectivity index (χ2n) is 4.76. The number of hydrogen-bond acceptors (Lipinski definition) is 4. The van der Waals surface area contributed by atoms with Crippen molar-refractivity contribution in [1.29, 1.82) is 0 Å². The van der Waals surface area contributed by atoms with E-state index >= 15 is 0 Å². The summed E-state index contributed by atoms with van der Waals surface area (Å²) in [6, 6.07) is 0. The van der Waals surface area contributed by atoms with Gasteiger partial charge in [-0.25, -0.2) is 0 Å². The molecular weight excluding hydrogens is 248 g/mol. The van der Waals surface area contributed by atoms with E-state index in [1.54, 1.807) is 0 Å². The minimum atomic E-state index is -0.486. The minimum Gasteiger partial charge on any atom is -0.343 e. The molecule has 7 heteroatoms. The van der Waals surface area contributed by atoms with E-state index in [1.165, 1.54) is 29.9 Å². The number of aromatic nitrogens is 2. The summed E-state index contributed by atoms with van der Waals surface area (Å²) in [5.74, 6) is 0.111. The van der Waals surface area contributed by atoms with Crippen LogP contribution in [0.5, 0.6) is 0 Å². The van der Waals surface area contributed by atoms with Crippen LogP contribution in [-0.2, 0) is 11.3 Å². The Morgan fingerprint density at radius 1 is 1.32 bits per heavy atom. The third-order valence-electron chi connectivity index (χ3n) is 3.34. The standard InChI is InChI=1S/C12H18N4O3/c17-12(14-6-3-1-2-4-7-14)5-8-15-10-11(9-13-15)16(18)19/h9-10H,1-8H2. The van der Waals surface area contributed by atoms with Crippen LogP contribution in [-0.4, -0.2) is 38.6 Å². The number of nitro groups is 1. The molecule has 7 nitrogen and oxygen atoms in total. The lowest BCUT2D eigenvalue weighted by Crippen LogP contribution is -2.32. The van der Waals surface area contributed by atoms with Crippen molar-refractivity contribution in [2.45, 2.75) is 38.6 Å². The molecule has 0 unspecified atom stereocenters. The predicted octanol–water partition coefficient (Wildman–Crippen LogP) is 1.58. The highest BCUT2D eigenvalue weighted by atomic mass is 16.6. The monoisotopic (exact) mass is 266 g/mol. The molecule has 1 aromatic rings. The zero-order valence-corrected chi connectivity index (χ0v) is 10.8. The van der Waals surface area contributed by atoms with Crippen molar-refractivity contribution < 1.29 is 9.72 Å². The first-order valence-corrected chi connectivity index (χ1v) is 6.61.